The molecule has 108 valence electrons. The van der Waals surface area contributed by atoms with Gasteiger partial charge in [-0.3, -0.25) is 0 Å². The van der Waals surface area contributed by atoms with E-state index in [2.05, 4.69) is 12.2 Å². The standard InChI is InChI=1S/C16H22N2O2/c1-12(18-14-3-2-4-15(19)11-14)13-5-7-16(8-6-13)20-10-9-17/h5-8,12,14-15,18-19H,2-4,10-11H2,1H3. The topological polar surface area (TPSA) is 65.3 Å². The maximum atomic E-state index is 9.70. The highest BCUT2D eigenvalue weighted by Gasteiger charge is 2.21. The van der Waals surface area contributed by atoms with Crippen LogP contribution in [0.1, 0.15) is 44.2 Å². The van der Waals surface area contributed by atoms with Gasteiger partial charge in [-0.25, -0.2) is 0 Å². The largest absolute Gasteiger partial charge is 0.479 e. The normalized spacial score (nSPS) is 23.9. The van der Waals surface area contributed by atoms with E-state index in [-0.39, 0.29) is 18.8 Å². The number of ether oxygens (including phenoxy) is 1. The summed E-state index contributed by atoms with van der Waals surface area (Å²) in [5, 5.41) is 21.7. The van der Waals surface area contributed by atoms with Crippen LogP contribution >= 0.6 is 0 Å². The molecule has 3 atom stereocenters. The second kappa shape index (κ2) is 7.28. The number of hydrogen-bond donors (Lipinski definition) is 2. The molecule has 2 rings (SSSR count). The van der Waals surface area contributed by atoms with Crippen molar-refractivity contribution >= 4 is 0 Å². The minimum atomic E-state index is -0.157. The van der Waals surface area contributed by atoms with Crippen LogP contribution in [0.5, 0.6) is 5.75 Å². The van der Waals surface area contributed by atoms with Crippen LogP contribution in [-0.4, -0.2) is 23.9 Å². The fraction of sp³-hybridized carbons (Fsp3) is 0.562. The highest BCUT2D eigenvalue weighted by molar-refractivity contribution is 5.29. The molecule has 1 aliphatic rings. The van der Waals surface area contributed by atoms with E-state index in [1.807, 2.05) is 30.3 Å². The number of nitrogens with zero attached hydrogens (tertiary/aromatic N) is 1. The number of benzene rings is 1. The van der Waals surface area contributed by atoms with E-state index in [4.69, 9.17) is 10.00 Å². The van der Waals surface area contributed by atoms with Gasteiger partial charge < -0.3 is 15.2 Å². The number of aliphatic hydroxyl groups is 1. The van der Waals surface area contributed by atoms with E-state index >= 15 is 0 Å². The lowest BCUT2D eigenvalue weighted by Gasteiger charge is -2.29. The van der Waals surface area contributed by atoms with Crippen molar-refractivity contribution in [1.29, 1.82) is 5.26 Å². The Morgan fingerprint density at radius 3 is 2.80 bits per heavy atom. The number of nitriles is 1. The Balaban J connectivity index is 1.88. The second-order valence-electron chi connectivity index (χ2n) is 5.42. The highest BCUT2D eigenvalue weighted by Crippen LogP contribution is 2.23. The minimum absolute atomic E-state index is 0.0765. The zero-order valence-electron chi connectivity index (χ0n) is 11.9. The Kier molecular flexibility index (Phi) is 5.40. The van der Waals surface area contributed by atoms with Gasteiger partial charge in [-0.05, 0) is 50.3 Å². The Morgan fingerprint density at radius 2 is 2.15 bits per heavy atom. The Bertz CT molecular complexity index is 453. The maximum Gasteiger partial charge on any atom is 0.174 e. The van der Waals surface area contributed by atoms with E-state index in [9.17, 15) is 5.11 Å². The van der Waals surface area contributed by atoms with E-state index < -0.39 is 0 Å². The summed E-state index contributed by atoms with van der Waals surface area (Å²) >= 11 is 0. The number of hydrogen-bond acceptors (Lipinski definition) is 4. The fourth-order valence-corrected chi connectivity index (χ4v) is 2.73. The molecule has 1 saturated carbocycles. The molecule has 0 saturated heterocycles. The van der Waals surface area contributed by atoms with Crippen LogP contribution in [0.2, 0.25) is 0 Å². The first kappa shape index (κ1) is 14.8. The van der Waals surface area contributed by atoms with Crippen LogP contribution in [0.4, 0.5) is 0 Å². The first-order valence-corrected chi connectivity index (χ1v) is 7.23. The first-order chi connectivity index (χ1) is 9.69. The lowest BCUT2D eigenvalue weighted by molar-refractivity contribution is 0.109. The zero-order chi connectivity index (χ0) is 14.4. The van der Waals surface area contributed by atoms with Crippen molar-refractivity contribution in [2.45, 2.75) is 50.8 Å². The van der Waals surface area contributed by atoms with Crippen molar-refractivity contribution in [3.8, 4) is 11.8 Å². The minimum Gasteiger partial charge on any atom is -0.479 e. The summed E-state index contributed by atoms with van der Waals surface area (Å²) < 4.78 is 5.24. The molecule has 20 heavy (non-hydrogen) atoms. The predicted octanol–water partition coefficient (Wildman–Crippen LogP) is 2.54. The van der Waals surface area contributed by atoms with E-state index in [1.165, 1.54) is 5.56 Å². The van der Waals surface area contributed by atoms with E-state index in [1.54, 1.807) is 0 Å². The molecule has 0 bridgehead atoms. The van der Waals surface area contributed by atoms with Crippen LogP contribution in [0.3, 0.4) is 0 Å². The summed E-state index contributed by atoms with van der Waals surface area (Å²) in [6, 6.07) is 10.4. The van der Waals surface area contributed by atoms with Crippen LogP contribution in [0.25, 0.3) is 0 Å². The molecule has 1 fully saturated rings. The molecule has 0 aliphatic heterocycles. The van der Waals surface area contributed by atoms with Gasteiger partial charge in [0.1, 0.15) is 11.8 Å². The molecule has 2 N–H and O–H groups in total. The Morgan fingerprint density at radius 1 is 1.40 bits per heavy atom. The third-order valence-corrected chi connectivity index (χ3v) is 3.82. The van der Waals surface area contributed by atoms with Crippen molar-refractivity contribution in [2.24, 2.45) is 0 Å². The molecule has 1 aromatic rings. The lowest BCUT2D eigenvalue weighted by Crippen LogP contribution is -2.37. The van der Waals surface area contributed by atoms with Gasteiger partial charge in [-0.2, -0.15) is 5.26 Å². The monoisotopic (exact) mass is 274 g/mol. The molecule has 0 amide bonds. The van der Waals surface area contributed by atoms with Gasteiger partial charge >= 0.3 is 0 Å². The molecule has 4 nitrogen and oxygen atoms in total. The molecular weight excluding hydrogens is 252 g/mol. The van der Waals surface area contributed by atoms with E-state index in [0.717, 1.165) is 31.4 Å². The molecule has 1 aliphatic carbocycles. The fourth-order valence-electron chi connectivity index (χ4n) is 2.73. The SMILES string of the molecule is CC(NC1CCCC(O)C1)c1ccc(OCC#N)cc1. The quantitative estimate of drug-likeness (QED) is 0.866. The molecule has 0 heterocycles. The Hall–Kier alpha value is -1.57. The third-order valence-electron chi connectivity index (χ3n) is 3.82. The van der Waals surface area contributed by atoms with Crippen molar-refractivity contribution in [3.63, 3.8) is 0 Å². The average molecular weight is 274 g/mol. The molecule has 0 spiro atoms. The van der Waals surface area contributed by atoms with E-state index in [0.29, 0.717) is 6.04 Å². The number of nitrogens with one attached hydrogen (secondary N) is 1. The lowest BCUT2D eigenvalue weighted by atomic mass is 9.92. The predicted molar refractivity (Wildman–Crippen MR) is 77.4 cm³/mol. The summed E-state index contributed by atoms with van der Waals surface area (Å²) in [7, 11) is 0. The van der Waals surface area contributed by atoms with Gasteiger partial charge in [0.25, 0.3) is 0 Å². The summed E-state index contributed by atoms with van der Waals surface area (Å²) in [5.41, 5.74) is 1.19. The summed E-state index contributed by atoms with van der Waals surface area (Å²) in [6.07, 6.45) is 3.83. The average Bonchev–Trinajstić information content (AvgIpc) is 2.45. The van der Waals surface area contributed by atoms with Crippen LogP contribution in [-0.2, 0) is 0 Å². The van der Waals surface area contributed by atoms with Crippen LogP contribution in [0.15, 0.2) is 24.3 Å². The van der Waals surface area contributed by atoms with Gasteiger partial charge in [0.15, 0.2) is 6.61 Å². The van der Waals surface area contributed by atoms with Crippen LogP contribution < -0.4 is 10.1 Å². The van der Waals surface area contributed by atoms with Crippen molar-refractivity contribution in [1.82, 2.24) is 5.32 Å². The Labute approximate surface area is 120 Å². The summed E-state index contributed by atoms with van der Waals surface area (Å²) in [4.78, 5) is 0. The van der Waals surface area contributed by atoms with Crippen molar-refractivity contribution in [3.05, 3.63) is 29.8 Å². The van der Waals surface area contributed by atoms with Crippen molar-refractivity contribution in [2.75, 3.05) is 6.61 Å². The maximum absolute atomic E-state index is 9.70. The molecule has 0 aromatic heterocycles. The number of rotatable bonds is 5. The molecule has 1 aromatic carbocycles. The van der Waals surface area contributed by atoms with Gasteiger partial charge in [0.2, 0.25) is 0 Å². The summed E-state index contributed by atoms with van der Waals surface area (Å²) in [6.45, 7) is 2.21. The van der Waals surface area contributed by atoms with Gasteiger partial charge in [0, 0.05) is 12.1 Å². The molecule has 0 radical (unpaired) electrons. The van der Waals surface area contributed by atoms with Crippen LogP contribution in [0, 0.1) is 11.3 Å². The molecule has 4 heteroatoms. The smallest absolute Gasteiger partial charge is 0.174 e. The van der Waals surface area contributed by atoms with Gasteiger partial charge in [-0.15, -0.1) is 0 Å². The second-order valence-corrected chi connectivity index (χ2v) is 5.42. The first-order valence-electron chi connectivity index (χ1n) is 7.23. The third kappa shape index (κ3) is 4.22. The van der Waals surface area contributed by atoms with Gasteiger partial charge in [-0.1, -0.05) is 12.1 Å². The zero-order valence-corrected chi connectivity index (χ0v) is 11.9. The van der Waals surface area contributed by atoms with Gasteiger partial charge in [0.05, 0.1) is 6.10 Å². The summed E-state index contributed by atoms with van der Waals surface area (Å²) in [5.74, 6) is 0.718. The number of aliphatic hydroxyl groups excluding tert-OH is 1. The highest BCUT2D eigenvalue weighted by atomic mass is 16.5. The molecular formula is C16H22N2O2. The molecule has 3 unspecified atom stereocenters. The van der Waals surface area contributed by atoms with Crippen molar-refractivity contribution < 1.29 is 9.84 Å².